The van der Waals surface area contributed by atoms with E-state index in [4.69, 9.17) is 4.74 Å². The Balaban J connectivity index is 1.35. The Morgan fingerprint density at radius 3 is 2.38 bits per heavy atom. The average Bonchev–Trinajstić information content (AvgIpc) is 3.36. The fourth-order valence-corrected chi connectivity index (χ4v) is 5.43. The Bertz CT molecular complexity index is 1080. The summed E-state index contributed by atoms with van der Waals surface area (Å²) < 4.78 is 6.51. The van der Waals surface area contributed by atoms with Gasteiger partial charge in [-0.2, -0.15) is 0 Å². The number of fused-ring (bicyclic) bond motifs is 1. The highest BCUT2D eigenvalue weighted by Crippen LogP contribution is 2.43. The molecule has 1 aliphatic carbocycles. The van der Waals surface area contributed by atoms with Crippen molar-refractivity contribution in [2.75, 3.05) is 13.1 Å². The predicted octanol–water partition coefficient (Wildman–Crippen LogP) is 5.35. The van der Waals surface area contributed by atoms with E-state index in [-0.39, 0.29) is 12.0 Å². The van der Waals surface area contributed by atoms with E-state index in [2.05, 4.69) is 85.5 Å². The lowest BCUT2D eigenvalue weighted by Crippen LogP contribution is -2.28. The van der Waals surface area contributed by atoms with Crippen molar-refractivity contribution in [1.82, 2.24) is 4.90 Å². The number of benzene rings is 3. The largest absolute Gasteiger partial charge is 0.489 e. The lowest BCUT2D eigenvalue weighted by Gasteiger charge is -2.25. The summed E-state index contributed by atoms with van der Waals surface area (Å²) >= 11 is 0. The van der Waals surface area contributed by atoms with Gasteiger partial charge in [0.2, 0.25) is 0 Å². The van der Waals surface area contributed by atoms with Crippen LogP contribution in [0.4, 0.5) is 0 Å². The Labute approximate surface area is 191 Å². The van der Waals surface area contributed by atoms with Gasteiger partial charge in [-0.3, -0.25) is 4.90 Å². The van der Waals surface area contributed by atoms with Crippen molar-refractivity contribution in [3.05, 3.63) is 101 Å². The Morgan fingerprint density at radius 2 is 1.69 bits per heavy atom. The number of hydrogen-bond acceptors (Lipinski definition) is 3. The van der Waals surface area contributed by atoms with Crippen molar-refractivity contribution in [2.45, 2.75) is 45.3 Å². The van der Waals surface area contributed by atoms with Gasteiger partial charge in [-0.25, -0.2) is 0 Å². The van der Waals surface area contributed by atoms with E-state index in [0.717, 1.165) is 50.1 Å². The molecule has 1 fully saturated rings. The van der Waals surface area contributed by atoms with Crippen LogP contribution in [0.25, 0.3) is 0 Å². The van der Waals surface area contributed by atoms with Gasteiger partial charge in [-0.15, -0.1) is 0 Å². The number of ether oxygens (including phenoxy) is 1. The molecule has 3 aromatic carbocycles. The second-order valence-electron chi connectivity index (χ2n) is 9.77. The van der Waals surface area contributed by atoms with Crippen LogP contribution in [0.3, 0.4) is 0 Å². The summed E-state index contributed by atoms with van der Waals surface area (Å²) in [6, 6.07) is 25.7. The van der Waals surface area contributed by atoms with Gasteiger partial charge < -0.3 is 9.53 Å². The van der Waals surface area contributed by atoms with Crippen molar-refractivity contribution in [3.63, 3.8) is 0 Å². The van der Waals surface area contributed by atoms with Crippen molar-refractivity contribution >= 4 is 6.29 Å². The van der Waals surface area contributed by atoms with Crippen LogP contribution in [0, 0.1) is 12.3 Å². The second-order valence-corrected chi connectivity index (χ2v) is 9.77. The van der Waals surface area contributed by atoms with E-state index in [1.807, 2.05) is 6.07 Å². The number of hydrogen-bond donors (Lipinski definition) is 0. The van der Waals surface area contributed by atoms with Crippen LogP contribution in [-0.4, -0.2) is 30.4 Å². The second kappa shape index (κ2) is 8.55. The van der Waals surface area contributed by atoms with Gasteiger partial charge in [-0.1, -0.05) is 73.7 Å². The van der Waals surface area contributed by atoms with Gasteiger partial charge in [0.25, 0.3) is 0 Å². The van der Waals surface area contributed by atoms with Crippen molar-refractivity contribution < 1.29 is 9.53 Å². The molecule has 164 valence electrons. The summed E-state index contributed by atoms with van der Waals surface area (Å²) in [5, 5.41) is 0. The minimum atomic E-state index is -0.398. The van der Waals surface area contributed by atoms with Gasteiger partial charge in [-0.05, 0) is 40.8 Å². The van der Waals surface area contributed by atoms with E-state index in [9.17, 15) is 4.79 Å². The van der Waals surface area contributed by atoms with Crippen LogP contribution in [0.1, 0.15) is 40.7 Å². The first kappa shape index (κ1) is 21.0. The third-order valence-corrected chi connectivity index (χ3v) is 7.24. The first-order chi connectivity index (χ1) is 15.5. The highest BCUT2D eigenvalue weighted by atomic mass is 16.5. The number of nitrogens with zero attached hydrogens (tertiary/aromatic N) is 1. The highest BCUT2D eigenvalue weighted by Gasteiger charge is 2.43. The standard InChI is InChI=1S/C29H31NO2/c1-21-12-13-25(16-28(21)32-26-14-23-10-6-7-11-24(23)15-26)27-18-30(19-29(27,2)20-31)17-22-8-4-3-5-9-22/h3-13,16,20,26-27H,14-15,17-19H2,1-2H3/t27-,29-/m0/s1. The molecule has 0 N–H and O–H groups in total. The van der Waals surface area contributed by atoms with Gasteiger partial charge >= 0.3 is 0 Å². The number of rotatable bonds is 6. The smallest absolute Gasteiger partial charge is 0.127 e. The molecular formula is C29H31NO2. The predicted molar refractivity (Wildman–Crippen MR) is 128 cm³/mol. The molecule has 1 heterocycles. The molecule has 32 heavy (non-hydrogen) atoms. The molecule has 0 saturated carbocycles. The fraction of sp³-hybridized carbons (Fsp3) is 0.345. The maximum Gasteiger partial charge on any atom is 0.127 e. The number of aldehydes is 1. The molecule has 0 aromatic heterocycles. The quantitative estimate of drug-likeness (QED) is 0.499. The zero-order valence-electron chi connectivity index (χ0n) is 19.0. The molecular weight excluding hydrogens is 394 g/mol. The Hall–Kier alpha value is -2.91. The van der Waals surface area contributed by atoms with Gasteiger partial charge in [0, 0.05) is 43.8 Å². The summed E-state index contributed by atoms with van der Waals surface area (Å²) in [4.78, 5) is 14.6. The van der Waals surface area contributed by atoms with E-state index >= 15 is 0 Å². The number of carbonyl (C=O) groups excluding carboxylic acids is 1. The van der Waals surface area contributed by atoms with Crippen LogP contribution in [0.2, 0.25) is 0 Å². The minimum absolute atomic E-state index is 0.160. The summed E-state index contributed by atoms with van der Waals surface area (Å²) in [7, 11) is 0. The molecule has 0 amide bonds. The molecule has 0 spiro atoms. The lowest BCUT2D eigenvalue weighted by atomic mass is 9.77. The maximum absolute atomic E-state index is 12.2. The summed E-state index contributed by atoms with van der Waals surface area (Å²) in [6.07, 6.45) is 3.26. The van der Waals surface area contributed by atoms with Crippen molar-refractivity contribution in [1.29, 1.82) is 0 Å². The first-order valence-electron chi connectivity index (χ1n) is 11.6. The van der Waals surface area contributed by atoms with Crippen molar-refractivity contribution in [3.8, 4) is 5.75 Å². The maximum atomic E-state index is 12.2. The van der Waals surface area contributed by atoms with E-state index in [0.29, 0.717) is 0 Å². The van der Waals surface area contributed by atoms with Crippen LogP contribution in [-0.2, 0) is 24.2 Å². The summed E-state index contributed by atoms with van der Waals surface area (Å²) in [5.74, 6) is 1.11. The van der Waals surface area contributed by atoms with E-state index in [1.165, 1.54) is 22.3 Å². The third kappa shape index (κ3) is 4.10. The first-order valence-corrected chi connectivity index (χ1v) is 11.6. The normalized spacial score (nSPS) is 23.2. The average molecular weight is 426 g/mol. The Kier molecular flexibility index (Phi) is 5.60. The van der Waals surface area contributed by atoms with Gasteiger partial charge in [0.15, 0.2) is 0 Å². The van der Waals surface area contributed by atoms with E-state index in [1.54, 1.807) is 0 Å². The fourth-order valence-electron chi connectivity index (χ4n) is 5.43. The van der Waals surface area contributed by atoms with Gasteiger partial charge in [0.1, 0.15) is 18.1 Å². The zero-order chi connectivity index (χ0) is 22.1. The molecule has 3 heteroatoms. The monoisotopic (exact) mass is 425 g/mol. The number of carbonyl (C=O) groups is 1. The zero-order valence-corrected chi connectivity index (χ0v) is 19.0. The third-order valence-electron chi connectivity index (χ3n) is 7.24. The highest BCUT2D eigenvalue weighted by molar-refractivity contribution is 5.63. The SMILES string of the molecule is Cc1ccc([C@@H]2CN(Cc3ccccc3)C[C@@]2(C)C=O)cc1OC1Cc2ccccc2C1. The molecule has 0 radical (unpaired) electrons. The topological polar surface area (TPSA) is 29.5 Å². The molecule has 3 nitrogen and oxygen atoms in total. The Morgan fingerprint density at radius 1 is 1.00 bits per heavy atom. The molecule has 2 atom stereocenters. The van der Waals surface area contributed by atoms with Crippen molar-refractivity contribution in [2.24, 2.45) is 5.41 Å². The number of aryl methyl sites for hydroxylation is 1. The van der Waals surface area contributed by atoms with E-state index < -0.39 is 5.41 Å². The molecule has 5 rings (SSSR count). The minimum Gasteiger partial charge on any atom is -0.489 e. The molecule has 2 aliphatic rings. The molecule has 1 aliphatic heterocycles. The molecule has 1 saturated heterocycles. The molecule has 0 bridgehead atoms. The molecule has 0 unspecified atom stereocenters. The van der Waals surface area contributed by atoms with Crippen LogP contribution < -0.4 is 4.74 Å². The lowest BCUT2D eigenvalue weighted by molar-refractivity contribution is -0.115. The molecule has 3 aromatic rings. The number of likely N-dealkylation sites (tertiary alicyclic amines) is 1. The van der Waals surface area contributed by atoms with Crippen LogP contribution in [0.15, 0.2) is 72.8 Å². The van der Waals surface area contributed by atoms with Gasteiger partial charge in [0.05, 0.1) is 0 Å². The summed E-state index contributed by atoms with van der Waals surface area (Å²) in [5.41, 5.74) is 6.03. The van der Waals surface area contributed by atoms with Crippen LogP contribution >= 0.6 is 0 Å². The van der Waals surface area contributed by atoms with Crippen LogP contribution in [0.5, 0.6) is 5.75 Å². The summed E-state index contributed by atoms with van der Waals surface area (Å²) in [6.45, 7) is 6.73.